The van der Waals surface area contributed by atoms with Gasteiger partial charge in [0.05, 0.1) is 5.75 Å². The minimum absolute atomic E-state index is 0.160. The molecule has 6 nitrogen and oxygen atoms in total. The first-order valence-electron chi connectivity index (χ1n) is 8.26. The number of nitrogens with zero attached hydrogens (tertiary/aromatic N) is 4. The molecule has 0 spiro atoms. The van der Waals surface area contributed by atoms with Gasteiger partial charge in [-0.05, 0) is 32.3 Å². The molecule has 1 amide bonds. The van der Waals surface area contributed by atoms with Crippen LogP contribution in [0.1, 0.15) is 26.2 Å². The van der Waals surface area contributed by atoms with Crippen LogP contribution in [0.15, 0.2) is 29.4 Å². The van der Waals surface area contributed by atoms with Crippen LogP contribution in [0.4, 0.5) is 0 Å². The molecule has 0 bridgehead atoms. The second-order valence-electron chi connectivity index (χ2n) is 6.18. The number of hydrogen-bond donors (Lipinski definition) is 1. The predicted molar refractivity (Wildman–Crippen MR) is 94.9 cm³/mol. The quantitative estimate of drug-likeness (QED) is 0.741. The maximum atomic E-state index is 12.4. The molecule has 0 saturated carbocycles. The number of hydrogen-bond acceptors (Lipinski definition) is 5. The highest BCUT2D eigenvalue weighted by Crippen LogP contribution is 2.24. The van der Waals surface area contributed by atoms with E-state index in [0.717, 1.165) is 35.8 Å². The summed E-state index contributed by atoms with van der Waals surface area (Å²) >= 11 is 1.35. The third kappa shape index (κ3) is 2.84. The van der Waals surface area contributed by atoms with Crippen LogP contribution in [0, 0.1) is 0 Å². The maximum Gasteiger partial charge on any atom is 0.233 e. The third-order valence-electron chi connectivity index (χ3n) is 4.55. The van der Waals surface area contributed by atoms with E-state index < -0.39 is 0 Å². The number of amides is 1. The monoisotopic (exact) mass is 341 g/mol. The van der Waals surface area contributed by atoms with E-state index in [1.54, 1.807) is 0 Å². The fraction of sp³-hybridized carbons (Fsp3) is 0.412. The van der Waals surface area contributed by atoms with Gasteiger partial charge in [0.15, 0.2) is 5.65 Å². The van der Waals surface area contributed by atoms with Crippen molar-refractivity contribution in [2.24, 2.45) is 0 Å². The average Bonchev–Trinajstić information content (AvgIpc) is 2.98. The SMILES string of the molecule is C[C@H]1CCCCN1C(=O)CSc1nnc2c(n1)[nH]c1ccccc12. The Morgan fingerprint density at radius 3 is 3.08 bits per heavy atom. The summed E-state index contributed by atoms with van der Waals surface area (Å²) in [5.74, 6) is 0.519. The van der Waals surface area contributed by atoms with E-state index in [0.29, 0.717) is 22.6 Å². The Hall–Kier alpha value is -2.15. The van der Waals surface area contributed by atoms with Crippen LogP contribution in [-0.4, -0.2) is 49.3 Å². The summed E-state index contributed by atoms with van der Waals surface area (Å²) in [5.41, 5.74) is 2.48. The molecule has 0 radical (unpaired) electrons. The zero-order valence-corrected chi connectivity index (χ0v) is 14.3. The highest BCUT2D eigenvalue weighted by atomic mass is 32.2. The number of para-hydroxylation sites is 1. The van der Waals surface area contributed by atoms with Gasteiger partial charge in [0.25, 0.3) is 0 Å². The Kier molecular flexibility index (Phi) is 4.10. The van der Waals surface area contributed by atoms with E-state index in [1.807, 2.05) is 29.2 Å². The lowest BCUT2D eigenvalue weighted by atomic mass is 10.0. The number of rotatable bonds is 3. The molecule has 0 aliphatic carbocycles. The first kappa shape index (κ1) is 15.4. The summed E-state index contributed by atoms with van der Waals surface area (Å²) in [7, 11) is 0. The number of likely N-dealkylation sites (tertiary alicyclic amines) is 1. The fourth-order valence-corrected chi connectivity index (χ4v) is 3.92. The van der Waals surface area contributed by atoms with Crippen molar-refractivity contribution >= 4 is 39.7 Å². The lowest BCUT2D eigenvalue weighted by Gasteiger charge is -2.33. The topological polar surface area (TPSA) is 74.8 Å². The average molecular weight is 341 g/mol. The van der Waals surface area contributed by atoms with Crippen molar-refractivity contribution in [1.29, 1.82) is 0 Å². The van der Waals surface area contributed by atoms with Crippen molar-refractivity contribution < 1.29 is 4.79 Å². The smallest absolute Gasteiger partial charge is 0.233 e. The van der Waals surface area contributed by atoms with Gasteiger partial charge in [-0.1, -0.05) is 30.0 Å². The molecule has 3 heterocycles. The summed E-state index contributed by atoms with van der Waals surface area (Å²) in [6, 6.07) is 8.27. The van der Waals surface area contributed by atoms with E-state index in [9.17, 15) is 4.79 Å². The molecule has 4 rings (SSSR count). The van der Waals surface area contributed by atoms with Gasteiger partial charge in [0.2, 0.25) is 11.1 Å². The molecule has 1 fully saturated rings. The largest absolute Gasteiger partial charge is 0.339 e. The molecule has 1 N–H and O–H groups in total. The minimum Gasteiger partial charge on any atom is -0.339 e. The Labute approximate surface area is 144 Å². The Morgan fingerprint density at radius 1 is 1.33 bits per heavy atom. The molecule has 0 unspecified atom stereocenters. The summed E-state index contributed by atoms with van der Waals surface area (Å²) in [6.07, 6.45) is 3.40. The van der Waals surface area contributed by atoms with Gasteiger partial charge in [-0.15, -0.1) is 10.2 Å². The number of piperidine rings is 1. The van der Waals surface area contributed by atoms with Crippen molar-refractivity contribution in [3.8, 4) is 0 Å². The van der Waals surface area contributed by atoms with Crippen LogP contribution in [0.2, 0.25) is 0 Å². The molecule has 1 aliphatic heterocycles. The molecule has 24 heavy (non-hydrogen) atoms. The first-order chi connectivity index (χ1) is 11.7. The number of nitrogens with one attached hydrogen (secondary N) is 1. The second-order valence-corrected chi connectivity index (χ2v) is 7.13. The van der Waals surface area contributed by atoms with Gasteiger partial charge >= 0.3 is 0 Å². The van der Waals surface area contributed by atoms with Crippen molar-refractivity contribution in [3.63, 3.8) is 0 Å². The van der Waals surface area contributed by atoms with E-state index in [1.165, 1.54) is 18.2 Å². The number of aromatic amines is 1. The van der Waals surface area contributed by atoms with Crippen LogP contribution in [-0.2, 0) is 4.79 Å². The van der Waals surface area contributed by atoms with Gasteiger partial charge < -0.3 is 9.88 Å². The molecular formula is C17H19N5OS. The van der Waals surface area contributed by atoms with Crippen LogP contribution < -0.4 is 0 Å². The molecular weight excluding hydrogens is 322 g/mol. The number of aromatic nitrogens is 4. The molecule has 1 aromatic carbocycles. The van der Waals surface area contributed by atoms with Gasteiger partial charge in [0.1, 0.15) is 5.52 Å². The molecule has 2 aromatic heterocycles. The molecule has 7 heteroatoms. The van der Waals surface area contributed by atoms with Gasteiger partial charge in [-0.3, -0.25) is 4.79 Å². The summed E-state index contributed by atoms with van der Waals surface area (Å²) < 4.78 is 0. The van der Waals surface area contributed by atoms with Crippen molar-refractivity contribution in [1.82, 2.24) is 25.1 Å². The molecule has 1 atom stereocenters. The zero-order chi connectivity index (χ0) is 16.5. The summed E-state index contributed by atoms with van der Waals surface area (Å²) in [6.45, 7) is 2.98. The summed E-state index contributed by atoms with van der Waals surface area (Å²) in [5, 5.41) is 10.0. The number of H-pyrrole nitrogens is 1. The second kappa shape index (κ2) is 6.39. The number of thioether (sulfide) groups is 1. The van der Waals surface area contributed by atoms with Gasteiger partial charge in [0, 0.05) is 23.5 Å². The van der Waals surface area contributed by atoms with Gasteiger partial charge in [-0.25, -0.2) is 4.98 Å². The standard InChI is InChI=1S/C17H19N5OS/c1-11-6-4-5-9-22(11)14(23)10-24-17-19-16-15(20-21-17)12-7-2-3-8-13(12)18-16/h2-3,7-8,11H,4-6,9-10H2,1H3,(H,18,19,21)/t11-/m0/s1. The highest BCUT2D eigenvalue weighted by Gasteiger charge is 2.23. The molecule has 1 aliphatic rings. The van der Waals surface area contributed by atoms with Crippen LogP contribution in [0.25, 0.3) is 22.1 Å². The lowest BCUT2D eigenvalue weighted by molar-refractivity contribution is -0.131. The van der Waals surface area contributed by atoms with E-state index in [4.69, 9.17) is 0 Å². The van der Waals surface area contributed by atoms with Crippen molar-refractivity contribution in [2.75, 3.05) is 12.3 Å². The van der Waals surface area contributed by atoms with Crippen LogP contribution in [0.3, 0.4) is 0 Å². The van der Waals surface area contributed by atoms with Gasteiger partial charge in [-0.2, -0.15) is 0 Å². The Bertz CT molecular complexity index is 893. The Morgan fingerprint density at radius 2 is 2.21 bits per heavy atom. The van der Waals surface area contributed by atoms with Crippen LogP contribution >= 0.6 is 11.8 Å². The number of carbonyl (C=O) groups excluding carboxylic acids is 1. The minimum atomic E-state index is 0.160. The fourth-order valence-electron chi connectivity index (χ4n) is 3.24. The van der Waals surface area contributed by atoms with E-state index in [-0.39, 0.29) is 5.91 Å². The molecule has 3 aromatic rings. The third-order valence-corrected chi connectivity index (χ3v) is 5.37. The van der Waals surface area contributed by atoms with Crippen molar-refractivity contribution in [2.45, 2.75) is 37.4 Å². The Balaban J connectivity index is 1.50. The number of carbonyl (C=O) groups is 1. The lowest BCUT2D eigenvalue weighted by Crippen LogP contribution is -2.42. The predicted octanol–water partition coefficient (Wildman–Crippen LogP) is 3.00. The highest BCUT2D eigenvalue weighted by molar-refractivity contribution is 7.99. The summed E-state index contributed by atoms with van der Waals surface area (Å²) in [4.78, 5) is 22.2. The number of fused-ring (bicyclic) bond motifs is 3. The van der Waals surface area contributed by atoms with Crippen molar-refractivity contribution in [3.05, 3.63) is 24.3 Å². The van der Waals surface area contributed by atoms with E-state index in [2.05, 4.69) is 27.1 Å². The maximum absolute atomic E-state index is 12.4. The van der Waals surface area contributed by atoms with E-state index >= 15 is 0 Å². The molecule has 124 valence electrons. The first-order valence-corrected chi connectivity index (χ1v) is 9.24. The number of benzene rings is 1. The van der Waals surface area contributed by atoms with Crippen LogP contribution in [0.5, 0.6) is 0 Å². The normalized spacial score (nSPS) is 18.4. The zero-order valence-electron chi connectivity index (χ0n) is 13.5. The molecule has 1 saturated heterocycles.